The second-order valence-corrected chi connectivity index (χ2v) is 8.55. The van der Waals surface area contributed by atoms with Gasteiger partial charge in [-0.2, -0.15) is 4.31 Å². The third kappa shape index (κ3) is 5.21. The summed E-state index contributed by atoms with van der Waals surface area (Å²) in [5.41, 5.74) is -0.895. The van der Waals surface area contributed by atoms with E-state index < -0.39 is 15.4 Å². The van der Waals surface area contributed by atoms with Crippen LogP contribution >= 0.6 is 0 Å². The van der Waals surface area contributed by atoms with Crippen LogP contribution < -0.4 is 5.32 Å². The predicted molar refractivity (Wildman–Crippen MR) is 89.2 cm³/mol. The SMILES string of the molecule is CCCN(CCC)C(=O)C(C)(C)CS(=O)(=O)N1CCNCC1. The Balaban J connectivity index is 2.80. The summed E-state index contributed by atoms with van der Waals surface area (Å²) in [6, 6.07) is 0. The molecule has 0 saturated carbocycles. The standard InChI is InChI=1S/C15H31N3O3S/c1-5-9-17(10-6-2)14(19)15(3,4)13-22(20,21)18-11-7-16-8-12-18/h16H,5-13H2,1-4H3. The van der Waals surface area contributed by atoms with E-state index in [9.17, 15) is 13.2 Å². The van der Waals surface area contributed by atoms with Crippen LogP contribution in [-0.2, 0) is 14.8 Å². The molecule has 1 heterocycles. The molecule has 0 aliphatic carbocycles. The van der Waals surface area contributed by atoms with E-state index in [0.29, 0.717) is 39.3 Å². The third-order valence-electron chi connectivity index (χ3n) is 3.87. The van der Waals surface area contributed by atoms with Crippen molar-refractivity contribution in [1.29, 1.82) is 0 Å². The zero-order chi connectivity index (χ0) is 16.8. The monoisotopic (exact) mass is 333 g/mol. The Morgan fingerprint density at radius 2 is 1.64 bits per heavy atom. The van der Waals surface area contributed by atoms with Crippen LogP contribution in [0.5, 0.6) is 0 Å². The highest BCUT2D eigenvalue weighted by Gasteiger charge is 2.38. The molecular formula is C15H31N3O3S. The molecule has 0 aromatic carbocycles. The van der Waals surface area contributed by atoms with E-state index in [1.54, 1.807) is 18.7 Å². The fourth-order valence-electron chi connectivity index (χ4n) is 2.81. The molecule has 0 aromatic rings. The van der Waals surface area contributed by atoms with Crippen molar-refractivity contribution in [3.05, 3.63) is 0 Å². The van der Waals surface area contributed by atoms with Crippen molar-refractivity contribution in [2.45, 2.75) is 40.5 Å². The molecule has 130 valence electrons. The molecule has 0 bridgehead atoms. The number of amides is 1. The smallest absolute Gasteiger partial charge is 0.229 e. The first-order valence-electron chi connectivity index (χ1n) is 8.22. The molecule has 22 heavy (non-hydrogen) atoms. The minimum absolute atomic E-state index is 0.0603. The van der Waals surface area contributed by atoms with Crippen LogP contribution in [0.4, 0.5) is 0 Å². The molecule has 1 fully saturated rings. The van der Waals surface area contributed by atoms with Gasteiger partial charge >= 0.3 is 0 Å². The Hall–Kier alpha value is -0.660. The lowest BCUT2D eigenvalue weighted by Crippen LogP contribution is -2.51. The highest BCUT2D eigenvalue weighted by Crippen LogP contribution is 2.24. The summed E-state index contributed by atoms with van der Waals surface area (Å²) in [4.78, 5) is 14.5. The van der Waals surface area contributed by atoms with E-state index in [2.05, 4.69) is 5.32 Å². The van der Waals surface area contributed by atoms with Crippen LogP contribution in [0.2, 0.25) is 0 Å². The van der Waals surface area contributed by atoms with E-state index in [1.807, 2.05) is 13.8 Å². The number of carbonyl (C=O) groups is 1. The normalized spacial score (nSPS) is 17.5. The van der Waals surface area contributed by atoms with E-state index >= 15 is 0 Å². The molecule has 1 amide bonds. The Morgan fingerprint density at radius 1 is 1.14 bits per heavy atom. The average molecular weight is 333 g/mol. The highest BCUT2D eigenvalue weighted by molar-refractivity contribution is 7.89. The molecule has 0 unspecified atom stereocenters. The maximum absolute atomic E-state index is 12.7. The summed E-state index contributed by atoms with van der Waals surface area (Å²) in [6.07, 6.45) is 1.76. The maximum atomic E-state index is 12.7. The summed E-state index contributed by atoms with van der Waals surface area (Å²) in [5, 5.41) is 3.14. The maximum Gasteiger partial charge on any atom is 0.229 e. The first kappa shape index (κ1) is 19.4. The molecule has 1 saturated heterocycles. The Morgan fingerprint density at radius 3 is 2.09 bits per heavy atom. The van der Waals surface area contributed by atoms with Gasteiger partial charge in [-0.15, -0.1) is 0 Å². The van der Waals surface area contributed by atoms with E-state index in [4.69, 9.17) is 0 Å². The van der Waals surface area contributed by atoms with Gasteiger partial charge in [-0.05, 0) is 26.7 Å². The van der Waals surface area contributed by atoms with Gasteiger partial charge in [0.05, 0.1) is 11.2 Å². The Kier molecular flexibility index (Phi) is 7.28. The summed E-state index contributed by atoms with van der Waals surface area (Å²) < 4.78 is 26.6. The summed E-state index contributed by atoms with van der Waals surface area (Å²) in [6.45, 7) is 11.2. The molecule has 0 radical (unpaired) electrons. The number of piperazine rings is 1. The number of rotatable bonds is 8. The van der Waals surface area contributed by atoms with Gasteiger partial charge in [0.2, 0.25) is 15.9 Å². The summed E-state index contributed by atoms with van der Waals surface area (Å²) in [5.74, 6) is -0.183. The lowest BCUT2D eigenvalue weighted by atomic mass is 9.94. The number of nitrogens with zero attached hydrogens (tertiary/aromatic N) is 2. The van der Waals surface area contributed by atoms with Gasteiger partial charge in [-0.3, -0.25) is 4.79 Å². The van der Waals surface area contributed by atoms with Crippen molar-refractivity contribution in [3.63, 3.8) is 0 Å². The van der Waals surface area contributed by atoms with E-state index in [1.165, 1.54) is 4.31 Å². The van der Waals surface area contributed by atoms with Gasteiger partial charge in [-0.1, -0.05) is 13.8 Å². The van der Waals surface area contributed by atoms with Crippen LogP contribution in [0.1, 0.15) is 40.5 Å². The minimum Gasteiger partial charge on any atom is -0.342 e. The van der Waals surface area contributed by atoms with Crippen LogP contribution in [-0.4, -0.2) is 68.6 Å². The van der Waals surface area contributed by atoms with Crippen molar-refractivity contribution in [2.24, 2.45) is 5.41 Å². The first-order valence-corrected chi connectivity index (χ1v) is 9.83. The van der Waals surface area contributed by atoms with E-state index in [0.717, 1.165) is 12.8 Å². The van der Waals surface area contributed by atoms with Crippen LogP contribution in [0.25, 0.3) is 0 Å². The molecule has 1 aliphatic heterocycles. The fraction of sp³-hybridized carbons (Fsp3) is 0.933. The fourth-order valence-corrected chi connectivity index (χ4v) is 4.77. The largest absolute Gasteiger partial charge is 0.342 e. The Bertz CT molecular complexity index is 451. The first-order chi connectivity index (χ1) is 10.2. The highest BCUT2D eigenvalue weighted by atomic mass is 32.2. The molecule has 1 rings (SSSR count). The van der Waals surface area contributed by atoms with E-state index in [-0.39, 0.29) is 11.7 Å². The lowest BCUT2D eigenvalue weighted by molar-refractivity contribution is -0.139. The van der Waals surface area contributed by atoms with Gasteiger partial charge in [-0.25, -0.2) is 8.42 Å². The van der Waals surface area contributed by atoms with Gasteiger partial charge in [0.1, 0.15) is 0 Å². The van der Waals surface area contributed by atoms with Gasteiger partial charge in [0, 0.05) is 39.3 Å². The second kappa shape index (κ2) is 8.26. The van der Waals surface area contributed by atoms with Crippen molar-refractivity contribution in [2.75, 3.05) is 45.0 Å². The summed E-state index contributed by atoms with van der Waals surface area (Å²) in [7, 11) is -3.40. The summed E-state index contributed by atoms with van der Waals surface area (Å²) >= 11 is 0. The van der Waals surface area contributed by atoms with Gasteiger partial charge in [0.15, 0.2) is 0 Å². The number of hydrogen-bond acceptors (Lipinski definition) is 4. The van der Waals surface area contributed by atoms with Gasteiger partial charge < -0.3 is 10.2 Å². The zero-order valence-electron chi connectivity index (χ0n) is 14.4. The molecular weight excluding hydrogens is 302 g/mol. The number of carbonyl (C=O) groups excluding carboxylic acids is 1. The second-order valence-electron chi connectivity index (χ2n) is 6.58. The van der Waals surface area contributed by atoms with Crippen LogP contribution in [0.3, 0.4) is 0 Å². The molecule has 1 aliphatic rings. The average Bonchev–Trinajstić information content (AvgIpc) is 2.46. The Labute approximate surface area is 135 Å². The quantitative estimate of drug-likeness (QED) is 0.716. The molecule has 0 atom stereocenters. The lowest BCUT2D eigenvalue weighted by Gasteiger charge is -2.34. The van der Waals surface area contributed by atoms with Crippen molar-refractivity contribution in [3.8, 4) is 0 Å². The van der Waals surface area contributed by atoms with Crippen molar-refractivity contribution >= 4 is 15.9 Å². The molecule has 7 heteroatoms. The van der Waals surface area contributed by atoms with Gasteiger partial charge in [0.25, 0.3) is 0 Å². The molecule has 6 nitrogen and oxygen atoms in total. The van der Waals surface area contributed by atoms with Crippen molar-refractivity contribution < 1.29 is 13.2 Å². The molecule has 0 spiro atoms. The van der Waals surface area contributed by atoms with Crippen LogP contribution in [0.15, 0.2) is 0 Å². The minimum atomic E-state index is -3.40. The molecule has 1 N–H and O–H groups in total. The van der Waals surface area contributed by atoms with Crippen LogP contribution in [0, 0.1) is 5.41 Å². The zero-order valence-corrected chi connectivity index (χ0v) is 15.2. The number of sulfonamides is 1. The van der Waals surface area contributed by atoms with Crippen molar-refractivity contribution in [1.82, 2.24) is 14.5 Å². The topological polar surface area (TPSA) is 69.7 Å². The third-order valence-corrected chi connectivity index (χ3v) is 6.10. The predicted octanol–water partition coefficient (Wildman–Crippen LogP) is 0.896. The number of hydrogen-bond donors (Lipinski definition) is 1. The number of nitrogens with one attached hydrogen (secondary N) is 1. The molecule has 0 aromatic heterocycles.